The lowest BCUT2D eigenvalue weighted by Crippen LogP contribution is -2.45. The molecule has 1 aliphatic carbocycles. The zero-order valence-corrected chi connectivity index (χ0v) is 15.2. The van der Waals surface area contributed by atoms with Crippen LogP contribution in [0.15, 0.2) is 0 Å². The fourth-order valence-electron chi connectivity index (χ4n) is 3.91. The fraction of sp³-hybridized carbons (Fsp3) is 1.00. The second-order valence-electron chi connectivity index (χ2n) is 7.31. The van der Waals surface area contributed by atoms with Gasteiger partial charge in [-0.2, -0.15) is 0 Å². The Kier molecular flexibility index (Phi) is 9.54. The standard InChI is InChI=1S/C18H39N3/c1-6-9-16-10-11-18(19-7-2)17(14-16)15-21(5)13-8-12-20(3)4/h16-19H,6-15H2,1-5H3. The maximum Gasteiger partial charge on any atom is 0.0108 e. The Morgan fingerprint density at radius 1 is 1.05 bits per heavy atom. The van der Waals surface area contributed by atoms with Crippen molar-refractivity contribution in [1.82, 2.24) is 15.1 Å². The molecule has 0 aromatic rings. The Bertz CT molecular complexity index is 255. The van der Waals surface area contributed by atoms with E-state index in [1.54, 1.807) is 0 Å². The molecule has 1 N–H and O–H groups in total. The van der Waals surface area contributed by atoms with Crippen LogP contribution in [0.1, 0.15) is 52.4 Å². The molecule has 0 spiro atoms. The number of rotatable bonds is 10. The molecule has 0 saturated heterocycles. The van der Waals surface area contributed by atoms with Crippen molar-refractivity contribution < 1.29 is 0 Å². The zero-order valence-electron chi connectivity index (χ0n) is 15.2. The minimum Gasteiger partial charge on any atom is -0.314 e. The van der Waals surface area contributed by atoms with E-state index >= 15 is 0 Å². The summed E-state index contributed by atoms with van der Waals surface area (Å²) in [6.07, 6.45) is 8.31. The summed E-state index contributed by atoms with van der Waals surface area (Å²) in [4.78, 5) is 4.85. The summed E-state index contributed by atoms with van der Waals surface area (Å²) in [6, 6.07) is 0.749. The van der Waals surface area contributed by atoms with Crippen LogP contribution in [0.5, 0.6) is 0 Å². The zero-order chi connectivity index (χ0) is 15.7. The SMILES string of the molecule is CCCC1CCC(NCC)C(CN(C)CCCN(C)C)C1. The molecule has 3 nitrogen and oxygen atoms in total. The molecule has 0 aliphatic heterocycles. The summed E-state index contributed by atoms with van der Waals surface area (Å²) < 4.78 is 0. The van der Waals surface area contributed by atoms with Gasteiger partial charge in [-0.3, -0.25) is 0 Å². The first-order chi connectivity index (χ1) is 10.1. The van der Waals surface area contributed by atoms with E-state index in [0.717, 1.165) is 24.4 Å². The third-order valence-corrected chi connectivity index (χ3v) is 4.95. The van der Waals surface area contributed by atoms with Crippen LogP contribution in [-0.4, -0.2) is 63.2 Å². The summed E-state index contributed by atoms with van der Waals surface area (Å²) in [5.41, 5.74) is 0. The minimum absolute atomic E-state index is 0.749. The second kappa shape index (κ2) is 10.6. The summed E-state index contributed by atoms with van der Waals surface area (Å²) in [5.74, 6) is 1.82. The van der Waals surface area contributed by atoms with Crippen molar-refractivity contribution in [2.75, 3.05) is 47.3 Å². The lowest BCUT2D eigenvalue weighted by molar-refractivity contribution is 0.148. The highest BCUT2D eigenvalue weighted by atomic mass is 15.1. The fourth-order valence-corrected chi connectivity index (χ4v) is 3.91. The van der Waals surface area contributed by atoms with E-state index < -0.39 is 0 Å². The molecule has 21 heavy (non-hydrogen) atoms. The Morgan fingerprint density at radius 2 is 1.81 bits per heavy atom. The molecule has 0 heterocycles. The molecule has 0 bridgehead atoms. The van der Waals surface area contributed by atoms with Crippen LogP contribution in [-0.2, 0) is 0 Å². The van der Waals surface area contributed by atoms with E-state index in [-0.39, 0.29) is 0 Å². The van der Waals surface area contributed by atoms with Crippen LogP contribution in [0.3, 0.4) is 0 Å². The lowest BCUT2D eigenvalue weighted by Gasteiger charge is -2.38. The largest absolute Gasteiger partial charge is 0.314 e. The molecule has 3 unspecified atom stereocenters. The first kappa shape index (κ1) is 18.9. The molecule has 0 aromatic heterocycles. The van der Waals surface area contributed by atoms with E-state index in [1.165, 1.54) is 58.2 Å². The molecule has 1 saturated carbocycles. The Morgan fingerprint density at radius 3 is 2.43 bits per heavy atom. The van der Waals surface area contributed by atoms with Gasteiger partial charge in [0, 0.05) is 12.6 Å². The molecule has 3 atom stereocenters. The highest BCUT2D eigenvalue weighted by molar-refractivity contribution is 4.86. The van der Waals surface area contributed by atoms with E-state index in [9.17, 15) is 0 Å². The van der Waals surface area contributed by atoms with Crippen molar-refractivity contribution in [2.45, 2.75) is 58.4 Å². The summed E-state index contributed by atoms with van der Waals surface area (Å²) in [7, 11) is 6.64. The normalized spacial score (nSPS) is 26.7. The Balaban J connectivity index is 2.41. The molecule has 3 heteroatoms. The Hall–Kier alpha value is -0.120. The minimum atomic E-state index is 0.749. The molecule has 1 rings (SSSR count). The van der Waals surface area contributed by atoms with Crippen molar-refractivity contribution in [3.05, 3.63) is 0 Å². The number of nitrogens with zero attached hydrogens (tertiary/aromatic N) is 2. The van der Waals surface area contributed by atoms with Gasteiger partial charge < -0.3 is 15.1 Å². The van der Waals surface area contributed by atoms with E-state index in [2.05, 4.69) is 50.1 Å². The van der Waals surface area contributed by atoms with Gasteiger partial charge in [-0.1, -0.05) is 26.7 Å². The lowest BCUT2D eigenvalue weighted by atomic mass is 9.76. The third-order valence-electron chi connectivity index (χ3n) is 4.95. The number of hydrogen-bond donors (Lipinski definition) is 1. The first-order valence-electron chi connectivity index (χ1n) is 9.13. The van der Waals surface area contributed by atoms with Crippen molar-refractivity contribution in [3.63, 3.8) is 0 Å². The van der Waals surface area contributed by atoms with Crippen LogP contribution >= 0.6 is 0 Å². The highest BCUT2D eigenvalue weighted by Gasteiger charge is 2.30. The smallest absolute Gasteiger partial charge is 0.0108 e. The Labute approximate surface area is 133 Å². The van der Waals surface area contributed by atoms with Crippen LogP contribution in [0, 0.1) is 11.8 Å². The van der Waals surface area contributed by atoms with Gasteiger partial charge in [0.05, 0.1) is 0 Å². The van der Waals surface area contributed by atoms with Crippen LogP contribution in [0.4, 0.5) is 0 Å². The molecule has 1 fully saturated rings. The van der Waals surface area contributed by atoms with Gasteiger partial charge in [0.25, 0.3) is 0 Å². The molecular formula is C18H39N3. The van der Waals surface area contributed by atoms with E-state index in [4.69, 9.17) is 0 Å². The average Bonchev–Trinajstić information content (AvgIpc) is 2.41. The first-order valence-corrected chi connectivity index (χ1v) is 9.13. The summed E-state index contributed by atoms with van der Waals surface area (Å²) in [6.45, 7) is 9.39. The molecule has 0 radical (unpaired) electrons. The molecule has 1 aliphatic rings. The molecule has 0 amide bonds. The van der Waals surface area contributed by atoms with Gasteiger partial charge in [0.15, 0.2) is 0 Å². The van der Waals surface area contributed by atoms with Crippen molar-refractivity contribution in [2.24, 2.45) is 11.8 Å². The van der Waals surface area contributed by atoms with Crippen LogP contribution in [0.25, 0.3) is 0 Å². The molecular weight excluding hydrogens is 258 g/mol. The van der Waals surface area contributed by atoms with Gasteiger partial charge in [-0.15, -0.1) is 0 Å². The quantitative estimate of drug-likeness (QED) is 0.668. The predicted molar refractivity (Wildman–Crippen MR) is 93.9 cm³/mol. The van der Waals surface area contributed by atoms with Gasteiger partial charge >= 0.3 is 0 Å². The highest BCUT2D eigenvalue weighted by Crippen LogP contribution is 2.32. The molecule has 0 aromatic carbocycles. The summed E-state index contributed by atoms with van der Waals surface area (Å²) >= 11 is 0. The molecule has 126 valence electrons. The van der Waals surface area contributed by atoms with Gasteiger partial charge in [0.2, 0.25) is 0 Å². The van der Waals surface area contributed by atoms with E-state index in [1.807, 2.05) is 0 Å². The predicted octanol–water partition coefficient (Wildman–Crippen LogP) is 3.06. The van der Waals surface area contributed by atoms with Gasteiger partial charge in [0.1, 0.15) is 0 Å². The van der Waals surface area contributed by atoms with E-state index in [0.29, 0.717) is 0 Å². The van der Waals surface area contributed by atoms with Crippen LogP contribution < -0.4 is 5.32 Å². The number of nitrogens with one attached hydrogen (secondary N) is 1. The maximum atomic E-state index is 3.74. The van der Waals surface area contributed by atoms with Gasteiger partial charge in [-0.05, 0) is 78.3 Å². The second-order valence-corrected chi connectivity index (χ2v) is 7.31. The summed E-state index contributed by atoms with van der Waals surface area (Å²) in [5, 5.41) is 3.74. The van der Waals surface area contributed by atoms with Gasteiger partial charge in [-0.25, -0.2) is 0 Å². The third kappa shape index (κ3) is 7.62. The maximum absolute atomic E-state index is 3.74. The van der Waals surface area contributed by atoms with Crippen molar-refractivity contribution in [1.29, 1.82) is 0 Å². The van der Waals surface area contributed by atoms with Crippen molar-refractivity contribution in [3.8, 4) is 0 Å². The van der Waals surface area contributed by atoms with Crippen LogP contribution in [0.2, 0.25) is 0 Å². The average molecular weight is 298 g/mol. The monoisotopic (exact) mass is 297 g/mol. The topological polar surface area (TPSA) is 18.5 Å². The van der Waals surface area contributed by atoms with Crippen molar-refractivity contribution >= 4 is 0 Å². The number of hydrogen-bond acceptors (Lipinski definition) is 3.